The van der Waals surface area contributed by atoms with Gasteiger partial charge in [-0.1, -0.05) is 11.8 Å². The van der Waals surface area contributed by atoms with E-state index in [9.17, 15) is 14.9 Å². The smallest absolute Gasteiger partial charge is 0.261 e. The first-order chi connectivity index (χ1) is 19.8. The van der Waals surface area contributed by atoms with Crippen LogP contribution in [0.3, 0.4) is 0 Å². The molecule has 4 heterocycles. The Kier molecular flexibility index (Phi) is 7.17. The summed E-state index contributed by atoms with van der Waals surface area (Å²) in [4.78, 5) is 30.9. The van der Waals surface area contributed by atoms with Crippen LogP contribution in [-0.4, -0.2) is 76.1 Å². The molecule has 1 saturated carbocycles. The number of rotatable bonds is 9. The van der Waals surface area contributed by atoms with Crippen molar-refractivity contribution < 1.29 is 9.59 Å². The van der Waals surface area contributed by atoms with Crippen molar-refractivity contribution in [2.45, 2.75) is 62.6 Å². The number of aryl methyl sites for hydroxylation is 2. The first-order valence-electron chi connectivity index (χ1n) is 13.8. The van der Waals surface area contributed by atoms with Gasteiger partial charge in [-0.25, -0.2) is 0 Å². The quantitative estimate of drug-likeness (QED) is 0.296. The van der Waals surface area contributed by atoms with Crippen molar-refractivity contribution in [2.75, 3.05) is 20.6 Å². The molecule has 2 aliphatic carbocycles. The van der Waals surface area contributed by atoms with E-state index in [1.807, 2.05) is 12.1 Å². The molecule has 3 aromatic heterocycles. The average molecular weight is 592 g/mol. The van der Waals surface area contributed by atoms with Gasteiger partial charge in [-0.15, -0.1) is 32.9 Å². The molecular weight excluding hydrogens is 559 g/mol. The molecule has 0 aromatic carbocycles. The summed E-state index contributed by atoms with van der Waals surface area (Å²) in [6, 6.07) is 6.68. The Hall–Kier alpha value is -3.60. The molecule has 0 spiro atoms. The molecule has 0 radical (unpaired) electrons. The minimum Gasteiger partial charge on any atom is -0.355 e. The molecule has 3 aromatic rings. The number of thiophene rings is 2. The number of tetrazole rings is 1. The second kappa shape index (κ2) is 10.7. The predicted molar refractivity (Wildman–Crippen MR) is 156 cm³/mol. The van der Waals surface area contributed by atoms with E-state index in [2.05, 4.69) is 61.0 Å². The topological polar surface area (TPSA) is 152 Å². The zero-order chi connectivity index (χ0) is 28.9. The maximum atomic E-state index is 12.7. The first-order valence-corrected chi connectivity index (χ1v) is 15.5. The van der Waals surface area contributed by atoms with Gasteiger partial charge in [0.15, 0.2) is 5.82 Å². The summed E-state index contributed by atoms with van der Waals surface area (Å²) in [5.74, 6) is 0.844. The van der Waals surface area contributed by atoms with Gasteiger partial charge in [0, 0.05) is 48.2 Å². The van der Waals surface area contributed by atoms with Gasteiger partial charge in [0.05, 0.1) is 15.8 Å². The zero-order valence-corrected chi connectivity index (χ0v) is 24.9. The second-order valence-electron chi connectivity index (χ2n) is 11.1. The molecule has 6 rings (SSSR count). The van der Waals surface area contributed by atoms with Crippen LogP contribution in [0.4, 0.5) is 0 Å². The van der Waals surface area contributed by atoms with Crippen LogP contribution in [0, 0.1) is 17.2 Å². The number of aromatic nitrogens is 4. The lowest BCUT2D eigenvalue weighted by Crippen LogP contribution is -2.42. The number of nitrogens with one attached hydrogen (secondary N) is 4. The van der Waals surface area contributed by atoms with Crippen LogP contribution in [0.1, 0.15) is 72.2 Å². The molecule has 4 N–H and O–H groups in total. The minimum absolute atomic E-state index is 0.0432. The summed E-state index contributed by atoms with van der Waals surface area (Å²) in [5, 5.41) is 34.4. The third-order valence-corrected chi connectivity index (χ3v) is 11.2. The van der Waals surface area contributed by atoms with Crippen molar-refractivity contribution in [3.8, 4) is 6.07 Å². The number of nitrogens with zero attached hydrogens (tertiary/aromatic N) is 5. The molecule has 3 aliphatic rings. The number of carbonyl (C=O) groups is 2. The Bertz CT molecular complexity index is 1470. The number of likely N-dealkylation sites (tertiary alicyclic amines) is 1. The Morgan fingerprint density at radius 1 is 1.17 bits per heavy atom. The standard InChI is InChI=1S/C28H33N9O2S2/c1-14(32-13-15(2)37-19(12-29)7-18-8-20(18)37)11-28(27-33-35-36-34-27)23-16(9-21(40-23)25(38)30-3)5-6-17-10-22(26(39)31-4)41-24(17)28/h9-10,14,18-20,32H,2,5-8,11,13H2,1,3-4H3,(H,30,38)(H,31,39)(H,33,34,35,36)/t14-,18+,19?,20-/m0/s1. The third kappa shape index (κ3) is 4.64. The molecule has 1 saturated heterocycles. The summed E-state index contributed by atoms with van der Waals surface area (Å²) >= 11 is 2.90. The molecule has 41 heavy (non-hydrogen) atoms. The largest absolute Gasteiger partial charge is 0.355 e. The van der Waals surface area contributed by atoms with E-state index in [0.717, 1.165) is 52.3 Å². The average Bonchev–Trinajstić information content (AvgIpc) is 3.48. The van der Waals surface area contributed by atoms with E-state index >= 15 is 0 Å². The van der Waals surface area contributed by atoms with Crippen molar-refractivity contribution in [1.82, 2.24) is 41.5 Å². The lowest BCUT2D eigenvalue weighted by Gasteiger charge is -2.34. The molecule has 13 heteroatoms. The highest BCUT2D eigenvalue weighted by Gasteiger charge is 2.53. The van der Waals surface area contributed by atoms with Crippen LogP contribution in [0.2, 0.25) is 0 Å². The van der Waals surface area contributed by atoms with Crippen molar-refractivity contribution in [3.05, 3.63) is 60.9 Å². The molecule has 214 valence electrons. The Balaban J connectivity index is 1.39. The number of fused-ring (bicyclic) bond motifs is 3. The predicted octanol–water partition coefficient (Wildman–Crippen LogP) is 2.34. The molecule has 2 fully saturated rings. The fourth-order valence-electron chi connectivity index (χ4n) is 6.56. The number of carbonyl (C=O) groups excluding carboxylic acids is 2. The summed E-state index contributed by atoms with van der Waals surface area (Å²) in [7, 11) is 3.26. The van der Waals surface area contributed by atoms with E-state index in [-0.39, 0.29) is 23.9 Å². The van der Waals surface area contributed by atoms with Crippen molar-refractivity contribution >= 4 is 34.5 Å². The number of hydrogen-bond acceptors (Lipinski definition) is 10. The van der Waals surface area contributed by atoms with Crippen LogP contribution in [0.5, 0.6) is 0 Å². The van der Waals surface area contributed by atoms with Gasteiger partial charge in [-0.05, 0) is 68.2 Å². The van der Waals surface area contributed by atoms with Gasteiger partial charge in [0.1, 0.15) is 11.5 Å². The van der Waals surface area contributed by atoms with Crippen LogP contribution < -0.4 is 16.0 Å². The van der Waals surface area contributed by atoms with Gasteiger partial charge >= 0.3 is 0 Å². The highest BCUT2D eigenvalue weighted by Crippen LogP contribution is 2.52. The van der Waals surface area contributed by atoms with E-state index in [0.29, 0.717) is 40.5 Å². The third-order valence-electron chi connectivity index (χ3n) is 8.57. The second-order valence-corrected chi connectivity index (χ2v) is 13.2. The van der Waals surface area contributed by atoms with Gasteiger partial charge in [0.25, 0.3) is 11.8 Å². The molecule has 4 atom stereocenters. The SMILES string of the molecule is C=C(CN[C@@H](C)CC1(c2nn[nH]n2)c2sc(C(=O)NC)cc2CCc2cc(C(=O)NC)sc21)N1C(C#N)C[C@@H]2C[C@@H]21. The minimum atomic E-state index is -0.833. The van der Waals surface area contributed by atoms with Gasteiger partial charge in [0.2, 0.25) is 0 Å². The lowest BCUT2D eigenvalue weighted by atomic mass is 9.76. The molecule has 1 unspecified atom stereocenters. The maximum Gasteiger partial charge on any atom is 0.261 e. The highest BCUT2D eigenvalue weighted by atomic mass is 32.1. The van der Waals surface area contributed by atoms with Crippen LogP contribution >= 0.6 is 22.7 Å². The summed E-state index contributed by atoms with van der Waals surface area (Å²) in [6.07, 6.45) is 4.07. The fourth-order valence-corrected chi connectivity index (χ4v) is 9.34. The summed E-state index contributed by atoms with van der Waals surface area (Å²) in [5.41, 5.74) is 2.25. The van der Waals surface area contributed by atoms with E-state index < -0.39 is 5.41 Å². The van der Waals surface area contributed by atoms with Crippen LogP contribution in [0.25, 0.3) is 0 Å². The highest BCUT2D eigenvalue weighted by molar-refractivity contribution is 7.16. The van der Waals surface area contributed by atoms with Crippen molar-refractivity contribution in [2.24, 2.45) is 5.92 Å². The van der Waals surface area contributed by atoms with Gasteiger partial charge < -0.3 is 20.9 Å². The number of aromatic amines is 1. The lowest BCUT2D eigenvalue weighted by molar-refractivity contribution is 0.0959. The van der Waals surface area contributed by atoms with Crippen LogP contribution in [0.15, 0.2) is 24.4 Å². The number of nitriles is 1. The molecule has 1 aliphatic heterocycles. The Labute approximate surface area is 246 Å². The molecule has 0 bridgehead atoms. The van der Waals surface area contributed by atoms with Gasteiger partial charge in [-0.3, -0.25) is 9.59 Å². The Morgan fingerprint density at radius 2 is 1.80 bits per heavy atom. The Morgan fingerprint density at radius 3 is 2.34 bits per heavy atom. The number of amides is 2. The summed E-state index contributed by atoms with van der Waals surface area (Å²) in [6.45, 7) is 7.00. The van der Waals surface area contributed by atoms with Crippen molar-refractivity contribution in [3.63, 3.8) is 0 Å². The number of hydrogen-bond donors (Lipinski definition) is 4. The first kappa shape index (κ1) is 27.6. The molecular formula is C28H33N9O2S2. The zero-order valence-electron chi connectivity index (χ0n) is 23.3. The van der Waals surface area contributed by atoms with Crippen molar-refractivity contribution in [1.29, 1.82) is 5.26 Å². The number of H-pyrrole nitrogens is 1. The van der Waals surface area contributed by atoms with E-state index in [1.54, 1.807) is 14.1 Å². The molecule has 2 amide bonds. The summed E-state index contributed by atoms with van der Waals surface area (Å²) < 4.78 is 0. The van der Waals surface area contributed by atoms with Crippen LogP contribution in [-0.2, 0) is 18.3 Å². The fraction of sp³-hybridized carbons (Fsp3) is 0.500. The number of piperidine rings is 1. The van der Waals surface area contributed by atoms with E-state index in [4.69, 9.17) is 0 Å². The van der Waals surface area contributed by atoms with Gasteiger partial charge in [-0.2, -0.15) is 10.5 Å². The normalized spacial score (nSPS) is 22.5. The maximum absolute atomic E-state index is 12.7. The van der Waals surface area contributed by atoms with E-state index in [1.165, 1.54) is 22.7 Å². The molecule has 11 nitrogen and oxygen atoms in total. The monoisotopic (exact) mass is 591 g/mol.